The molecule has 0 bridgehead atoms. The van der Waals surface area contributed by atoms with Crippen LogP contribution in [0.5, 0.6) is 5.75 Å². The van der Waals surface area contributed by atoms with Crippen LogP contribution < -0.4 is 4.74 Å². The van der Waals surface area contributed by atoms with E-state index in [0.29, 0.717) is 35.3 Å². The van der Waals surface area contributed by atoms with Gasteiger partial charge in [-0.1, -0.05) is 41.4 Å². The van der Waals surface area contributed by atoms with Crippen molar-refractivity contribution in [1.29, 1.82) is 0 Å². The van der Waals surface area contributed by atoms with Gasteiger partial charge in [0.25, 0.3) is 0 Å². The molecule has 5 nitrogen and oxygen atoms in total. The molecular weight excluding hydrogens is 421 g/mol. The topological polar surface area (TPSA) is 66.8 Å². The van der Waals surface area contributed by atoms with Crippen molar-refractivity contribution < 1.29 is 18.3 Å². The van der Waals surface area contributed by atoms with Gasteiger partial charge in [-0.05, 0) is 42.3 Å². The van der Waals surface area contributed by atoms with Crippen LogP contribution in [0.1, 0.15) is 12.0 Å². The minimum atomic E-state index is -3.04. The fourth-order valence-electron chi connectivity index (χ4n) is 3.30. The highest BCUT2D eigenvalue weighted by atomic mass is 35.5. The van der Waals surface area contributed by atoms with Crippen LogP contribution >= 0.6 is 23.2 Å². The maximum absolute atomic E-state index is 11.9. The zero-order chi connectivity index (χ0) is 20.1. The highest BCUT2D eigenvalue weighted by molar-refractivity contribution is 7.91. The van der Waals surface area contributed by atoms with E-state index in [-0.39, 0.29) is 24.2 Å². The van der Waals surface area contributed by atoms with Gasteiger partial charge in [-0.25, -0.2) is 8.42 Å². The molecule has 0 radical (unpaired) electrons. The maximum atomic E-state index is 11.9. The Morgan fingerprint density at radius 1 is 1.14 bits per heavy atom. The van der Waals surface area contributed by atoms with Gasteiger partial charge in [0.1, 0.15) is 18.5 Å². The lowest BCUT2D eigenvalue weighted by Gasteiger charge is -2.30. The molecular formula is C20H23Cl2NO4S. The van der Waals surface area contributed by atoms with Gasteiger partial charge in [0.15, 0.2) is 9.84 Å². The third-order valence-corrected chi connectivity index (χ3v) is 7.13. The molecule has 1 aliphatic heterocycles. The number of hydrogen-bond acceptors (Lipinski definition) is 5. The molecule has 1 aliphatic rings. The van der Waals surface area contributed by atoms with E-state index < -0.39 is 15.9 Å². The van der Waals surface area contributed by atoms with Gasteiger partial charge < -0.3 is 9.84 Å². The first-order valence-electron chi connectivity index (χ1n) is 9.07. The van der Waals surface area contributed by atoms with Gasteiger partial charge in [-0.15, -0.1) is 0 Å². The molecule has 1 N–H and O–H groups in total. The van der Waals surface area contributed by atoms with E-state index in [1.165, 1.54) is 0 Å². The van der Waals surface area contributed by atoms with Crippen molar-refractivity contribution in [2.75, 3.05) is 24.7 Å². The normalized spacial score (nSPS) is 19.6. The zero-order valence-corrected chi connectivity index (χ0v) is 17.6. The fraction of sp³-hybridized carbons (Fsp3) is 0.400. The molecule has 152 valence electrons. The lowest BCUT2D eigenvalue weighted by atomic mass is 10.1. The maximum Gasteiger partial charge on any atom is 0.151 e. The summed E-state index contributed by atoms with van der Waals surface area (Å²) in [7, 11) is -3.04. The Hall–Kier alpha value is -1.31. The SMILES string of the molecule is O=S1(=O)CCC(N(Cc2ccccc2Cl)CC(O)COc2ccc(Cl)cc2)C1. The largest absolute Gasteiger partial charge is 0.491 e. The number of aliphatic hydroxyl groups excluding tert-OH is 1. The van der Waals surface area contributed by atoms with Crippen molar-refractivity contribution in [2.24, 2.45) is 0 Å². The number of ether oxygens (including phenoxy) is 1. The molecule has 2 unspecified atom stereocenters. The first-order chi connectivity index (χ1) is 13.3. The summed E-state index contributed by atoms with van der Waals surface area (Å²) in [5, 5.41) is 11.7. The van der Waals surface area contributed by atoms with Gasteiger partial charge in [-0.3, -0.25) is 4.90 Å². The summed E-state index contributed by atoms with van der Waals surface area (Å²) >= 11 is 12.1. The number of sulfone groups is 1. The van der Waals surface area contributed by atoms with Crippen LogP contribution in [0.3, 0.4) is 0 Å². The van der Waals surface area contributed by atoms with Crippen LogP contribution in [0, 0.1) is 0 Å². The fourth-order valence-corrected chi connectivity index (χ4v) is 5.38. The monoisotopic (exact) mass is 443 g/mol. The summed E-state index contributed by atoms with van der Waals surface area (Å²) in [6.07, 6.45) is -0.223. The minimum Gasteiger partial charge on any atom is -0.491 e. The molecule has 1 heterocycles. The molecule has 3 rings (SSSR count). The molecule has 0 amide bonds. The van der Waals surface area contributed by atoms with Gasteiger partial charge in [0, 0.05) is 29.2 Å². The Morgan fingerprint density at radius 3 is 2.50 bits per heavy atom. The summed E-state index contributed by atoms with van der Waals surface area (Å²) in [5.74, 6) is 0.889. The number of halogens is 2. The molecule has 0 saturated carbocycles. The second-order valence-corrected chi connectivity index (χ2v) is 10.1. The number of benzene rings is 2. The highest BCUT2D eigenvalue weighted by Gasteiger charge is 2.33. The van der Waals surface area contributed by atoms with Crippen LogP contribution in [-0.4, -0.2) is 55.2 Å². The van der Waals surface area contributed by atoms with E-state index in [9.17, 15) is 13.5 Å². The molecule has 1 fully saturated rings. The van der Waals surface area contributed by atoms with E-state index >= 15 is 0 Å². The van der Waals surface area contributed by atoms with Gasteiger partial charge >= 0.3 is 0 Å². The molecule has 0 aliphatic carbocycles. The van der Waals surface area contributed by atoms with E-state index in [1.807, 2.05) is 23.1 Å². The number of hydrogen-bond donors (Lipinski definition) is 1. The number of nitrogens with zero attached hydrogens (tertiary/aromatic N) is 1. The quantitative estimate of drug-likeness (QED) is 0.676. The van der Waals surface area contributed by atoms with E-state index in [1.54, 1.807) is 30.3 Å². The van der Waals surface area contributed by atoms with E-state index in [4.69, 9.17) is 27.9 Å². The lowest BCUT2D eigenvalue weighted by Crippen LogP contribution is -2.42. The van der Waals surface area contributed by atoms with Gasteiger partial charge in [0.05, 0.1) is 11.5 Å². The Labute approximate surface area is 175 Å². The molecule has 0 spiro atoms. The first-order valence-corrected chi connectivity index (χ1v) is 11.6. The lowest BCUT2D eigenvalue weighted by molar-refractivity contribution is 0.0525. The third kappa shape index (κ3) is 6.09. The number of rotatable bonds is 8. The highest BCUT2D eigenvalue weighted by Crippen LogP contribution is 2.24. The van der Waals surface area contributed by atoms with Crippen molar-refractivity contribution in [1.82, 2.24) is 4.90 Å². The minimum absolute atomic E-state index is 0.0973. The van der Waals surface area contributed by atoms with Crippen molar-refractivity contribution in [3.63, 3.8) is 0 Å². The van der Waals surface area contributed by atoms with E-state index in [2.05, 4.69) is 0 Å². The van der Waals surface area contributed by atoms with Crippen molar-refractivity contribution >= 4 is 33.0 Å². The Bertz CT molecular complexity index is 889. The predicted octanol–water partition coefficient (Wildman–Crippen LogP) is 3.42. The molecule has 0 aromatic heterocycles. The summed E-state index contributed by atoms with van der Waals surface area (Å²) in [6, 6.07) is 14.2. The van der Waals surface area contributed by atoms with Gasteiger partial charge in [0.2, 0.25) is 0 Å². The average molecular weight is 444 g/mol. The summed E-state index contributed by atoms with van der Waals surface area (Å²) < 4.78 is 29.5. The Kier molecular flexibility index (Phi) is 7.23. The predicted molar refractivity (Wildman–Crippen MR) is 112 cm³/mol. The molecule has 1 saturated heterocycles. The second kappa shape index (κ2) is 9.46. The summed E-state index contributed by atoms with van der Waals surface area (Å²) in [6.45, 7) is 0.858. The first kappa shape index (κ1) is 21.4. The standard InChI is InChI=1S/C20H23Cl2NO4S/c21-16-5-7-19(8-6-16)27-13-18(24)12-23(17-9-10-28(25,26)14-17)11-15-3-1-2-4-20(15)22/h1-8,17-18,24H,9-14H2. The molecule has 28 heavy (non-hydrogen) atoms. The smallest absolute Gasteiger partial charge is 0.151 e. The van der Waals surface area contributed by atoms with Gasteiger partial charge in [-0.2, -0.15) is 0 Å². The van der Waals surface area contributed by atoms with Crippen LogP contribution in [0.25, 0.3) is 0 Å². The summed E-state index contributed by atoms with van der Waals surface area (Å²) in [4.78, 5) is 1.99. The van der Waals surface area contributed by atoms with E-state index in [0.717, 1.165) is 5.56 Å². The Balaban J connectivity index is 1.65. The van der Waals surface area contributed by atoms with Crippen molar-refractivity contribution in [3.8, 4) is 5.75 Å². The average Bonchev–Trinajstić information content (AvgIpc) is 3.02. The number of aliphatic hydroxyl groups is 1. The molecule has 2 aromatic rings. The van der Waals surface area contributed by atoms with Crippen molar-refractivity contribution in [3.05, 3.63) is 64.1 Å². The molecule has 8 heteroatoms. The van der Waals surface area contributed by atoms with Crippen LogP contribution in [0.4, 0.5) is 0 Å². The molecule has 2 aromatic carbocycles. The third-order valence-electron chi connectivity index (χ3n) is 4.76. The summed E-state index contributed by atoms with van der Waals surface area (Å²) in [5.41, 5.74) is 0.902. The van der Waals surface area contributed by atoms with Crippen molar-refractivity contribution in [2.45, 2.75) is 25.1 Å². The van der Waals surface area contributed by atoms with Crippen LogP contribution in [0.15, 0.2) is 48.5 Å². The second-order valence-electron chi connectivity index (χ2n) is 7.00. The zero-order valence-electron chi connectivity index (χ0n) is 15.3. The van der Waals surface area contributed by atoms with Crippen LogP contribution in [-0.2, 0) is 16.4 Å². The molecule has 2 atom stereocenters. The Morgan fingerprint density at radius 2 is 1.86 bits per heavy atom. The van der Waals surface area contributed by atoms with Crippen LogP contribution in [0.2, 0.25) is 10.0 Å².